The highest BCUT2D eigenvalue weighted by molar-refractivity contribution is 6.01. The highest BCUT2D eigenvalue weighted by atomic mass is 19.1. The summed E-state index contributed by atoms with van der Waals surface area (Å²) in [6.07, 6.45) is 2.59. The van der Waals surface area contributed by atoms with Gasteiger partial charge in [0.1, 0.15) is 17.2 Å². The van der Waals surface area contributed by atoms with Crippen LogP contribution in [-0.4, -0.2) is 20.2 Å². The Kier molecular flexibility index (Phi) is 4.83. The van der Waals surface area contributed by atoms with Crippen molar-refractivity contribution in [2.45, 2.75) is 13.5 Å². The molecule has 0 unspecified atom stereocenters. The predicted octanol–water partition coefficient (Wildman–Crippen LogP) is 3.75. The summed E-state index contributed by atoms with van der Waals surface area (Å²) in [6, 6.07) is 10.6. The van der Waals surface area contributed by atoms with Crippen LogP contribution >= 0.6 is 0 Å². The van der Waals surface area contributed by atoms with Gasteiger partial charge >= 0.3 is 0 Å². The number of nitrogens with one attached hydrogen (secondary N) is 1. The van der Waals surface area contributed by atoms with E-state index in [0.717, 1.165) is 6.20 Å². The number of hydrogen-bond donors (Lipinski definition) is 2. The molecule has 0 saturated heterocycles. The van der Waals surface area contributed by atoms with Crippen LogP contribution in [-0.2, 0) is 6.54 Å². The van der Waals surface area contributed by atoms with Crippen molar-refractivity contribution in [3.63, 3.8) is 0 Å². The van der Waals surface area contributed by atoms with Gasteiger partial charge in [-0.3, -0.25) is 9.36 Å². The molecular weight excluding hydrogens is 388 g/mol. The number of aromatic nitrogens is 3. The van der Waals surface area contributed by atoms with Gasteiger partial charge in [0, 0.05) is 28.7 Å². The van der Waals surface area contributed by atoms with E-state index in [4.69, 9.17) is 11.1 Å². The normalized spacial score (nSPS) is 11.0. The van der Waals surface area contributed by atoms with E-state index in [2.05, 4.69) is 9.97 Å². The lowest BCUT2D eigenvalue weighted by atomic mass is 9.99. The maximum atomic E-state index is 14.9. The summed E-state index contributed by atoms with van der Waals surface area (Å²) in [5.74, 6) is -1.58. The van der Waals surface area contributed by atoms with Crippen LogP contribution in [0.15, 0.2) is 59.7 Å². The summed E-state index contributed by atoms with van der Waals surface area (Å²) >= 11 is 0. The fourth-order valence-electron chi connectivity index (χ4n) is 3.31. The van der Waals surface area contributed by atoms with Gasteiger partial charge in [0.15, 0.2) is 5.65 Å². The largest absolute Gasteiger partial charge is 0.398 e. The summed E-state index contributed by atoms with van der Waals surface area (Å²) in [5.41, 5.74) is 7.95. The Morgan fingerprint density at radius 3 is 2.50 bits per heavy atom. The van der Waals surface area contributed by atoms with Gasteiger partial charge in [-0.05, 0) is 48.4 Å². The molecule has 4 rings (SSSR count). The second-order valence-electron chi connectivity index (χ2n) is 6.87. The van der Waals surface area contributed by atoms with Crippen LogP contribution in [0.4, 0.5) is 14.5 Å². The van der Waals surface area contributed by atoms with Gasteiger partial charge in [0.2, 0.25) is 0 Å². The Labute approximate surface area is 170 Å². The molecule has 2 heterocycles. The van der Waals surface area contributed by atoms with Crippen molar-refractivity contribution in [2.75, 3.05) is 5.73 Å². The first-order chi connectivity index (χ1) is 14.3. The van der Waals surface area contributed by atoms with Gasteiger partial charge in [-0.15, -0.1) is 0 Å². The van der Waals surface area contributed by atoms with E-state index >= 15 is 0 Å². The van der Waals surface area contributed by atoms with Crippen molar-refractivity contribution in [2.24, 2.45) is 0 Å². The summed E-state index contributed by atoms with van der Waals surface area (Å²) in [7, 11) is 0. The molecule has 0 aliphatic heterocycles. The molecule has 0 aliphatic carbocycles. The van der Waals surface area contributed by atoms with Gasteiger partial charge < -0.3 is 11.1 Å². The second kappa shape index (κ2) is 7.47. The number of hydrogen-bond acceptors (Lipinski definition) is 5. The van der Waals surface area contributed by atoms with Crippen molar-refractivity contribution in [3.8, 4) is 11.1 Å². The van der Waals surface area contributed by atoms with Crippen LogP contribution in [0, 0.1) is 17.0 Å². The number of halogens is 2. The SMILES string of the molecule is CC(=N)c1ccc(-c2cc(F)c(Cn3c(=O)cnc4cccnc43)c(F)c2)cc1N. The molecule has 3 N–H and O–H groups in total. The van der Waals surface area contributed by atoms with Crippen molar-refractivity contribution >= 4 is 22.6 Å². The zero-order valence-corrected chi connectivity index (χ0v) is 16.0. The molecule has 2 aromatic heterocycles. The molecule has 2 aromatic carbocycles. The van der Waals surface area contributed by atoms with Crippen LogP contribution in [0.3, 0.4) is 0 Å². The average Bonchev–Trinajstić information content (AvgIpc) is 2.71. The Bertz CT molecular complexity index is 1340. The molecule has 4 aromatic rings. The number of benzene rings is 2. The van der Waals surface area contributed by atoms with Crippen LogP contribution < -0.4 is 11.3 Å². The summed E-state index contributed by atoms with van der Waals surface area (Å²) in [5, 5.41) is 7.69. The van der Waals surface area contributed by atoms with E-state index in [1.54, 1.807) is 37.3 Å². The Morgan fingerprint density at radius 2 is 1.83 bits per heavy atom. The van der Waals surface area contributed by atoms with Gasteiger partial charge in [0.25, 0.3) is 5.56 Å². The van der Waals surface area contributed by atoms with Gasteiger partial charge in [-0.1, -0.05) is 12.1 Å². The van der Waals surface area contributed by atoms with E-state index in [9.17, 15) is 13.6 Å². The van der Waals surface area contributed by atoms with Crippen molar-refractivity contribution in [3.05, 3.63) is 88.0 Å². The van der Waals surface area contributed by atoms with Crippen molar-refractivity contribution < 1.29 is 8.78 Å². The number of fused-ring (bicyclic) bond motifs is 1. The van der Waals surface area contributed by atoms with Crippen LogP contribution in [0.2, 0.25) is 0 Å². The minimum atomic E-state index is -0.788. The molecule has 0 aliphatic rings. The Hall–Kier alpha value is -3.94. The zero-order valence-electron chi connectivity index (χ0n) is 16.0. The van der Waals surface area contributed by atoms with Crippen LogP contribution in [0.25, 0.3) is 22.3 Å². The molecule has 150 valence electrons. The van der Waals surface area contributed by atoms with Gasteiger partial charge in [-0.2, -0.15) is 0 Å². The van der Waals surface area contributed by atoms with Crippen molar-refractivity contribution in [1.82, 2.24) is 14.5 Å². The summed E-state index contributed by atoms with van der Waals surface area (Å²) in [6.45, 7) is 1.29. The van der Waals surface area contributed by atoms with E-state index in [0.29, 0.717) is 33.6 Å². The molecule has 30 heavy (non-hydrogen) atoms. The lowest BCUT2D eigenvalue weighted by molar-refractivity contribution is 0.544. The number of rotatable bonds is 4. The van der Waals surface area contributed by atoms with E-state index in [1.807, 2.05) is 0 Å². The molecule has 0 fully saturated rings. The highest BCUT2D eigenvalue weighted by Crippen LogP contribution is 2.28. The fraction of sp³-hybridized carbons (Fsp3) is 0.0909. The smallest absolute Gasteiger partial charge is 0.270 e. The lowest BCUT2D eigenvalue weighted by Gasteiger charge is -2.13. The third kappa shape index (κ3) is 3.43. The fourth-order valence-corrected chi connectivity index (χ4v) is 3.31. The molecule has 0 bridgehead atoms. The first kappa shape index (κ1) is 19.4. The first-order valence-electron chi connectivity index (χ1n) is 9.09. The topological polar surface area (TPSA) is 97.6 Å². The lowest BCUT2D eigenvalue weighted by Crippen LogP contribution is -2.23. The molecule has 0 atom stereocenters. The summed E-state index contributed by atoms with van der Waals surface area (Å²) < 4.78 is 30.9. The average molecular weight is 405 g/mol. The minimum absolute atomic E-state index is 0.248. The highest BCUT2D eigenvalue weighted by Gasteiger charge is 2.16. The maximum absolute atomic E-state index is 14.9. The maximum Gasteiger partial charge on any atom is 0.270 e. The second-order valence-corrected chi connectivity index (χ2v) is 6.87. The van der Waals surface area contributed by atoms with E-state index in [-0.39, 0.29) is 17.8 Å². The van der Waals surface area contributed by atoms with Crippen LogP contribution in [0.1, 0.15) is 18.1 Å². The third-order valence-corrected chi connectivity index (χ3v) is 4.85. The zero-order chi connectivity index (χ0) is 21.4. The van der Waals surface area contributed by atoms with Crippen molar-refractivity contribution in [1.29, 1.82) is 5.41 Å². The number of anilines is 1. The Morgan fingerprint density at radius 1 is 1.10 bits per heavy atom. The number of nitrogens with two attached hydrogens (primary N) is 1. The monoisotopic (exact) mass is 405 g/mol. The third-order valence-electron chi connectivity index (χ3n) is 4.85. The predicted molar refractivity (Wildman–Crippen MR) is 112 cm³/mol. The summed E-state index contributed by atoms with van der Waals surface area (Å²) in [4.78, 5) is 20.4. The molecule has 8 heteroatoms. The number of pyridine rings is 1. The quantitative estimate of drug-likeness (QED) is 0.399. The Balaban J connectivity index is 1.77. The van der Waals surface area contributed by atoms with E-state index < -0.39 is 17.2 Å². The van der Waals surface area contributed by atoms with Crippen LogP contribution in [0.5, 0.6) is 0 Å². The van der Waals surface area contributed by atoms with Gasteiger partial charge in [-0.25, -0.2) is 18.7 Å². The van der Waals surface area contributed by atoms with Gasteiger partial charge in [0.05, 0.1) is 12.7 Å². The molecule has 0 radical (unpaired) electrons. The number of nitrogen functional groups attached to an aromatic ring is 1. The molecule has 0 spiro atoms. The number of nitrogens with zero attached hydrogens (tertiary/aromatic N) is 3. The van der Waals surface area contributed by atoms with E-state index in [1.165, 1.54) is 22.9 Å². The minimum Gasteiger partial charge on any atom is -0.398 e. The molecule has 0 saturated carbocycles. The first-order valence-corrected chi connectivity index (χ1v) is 9.09. The molecule has 0 amide bonds. The standard InChI is InChI=1S/C22H17F2N5O/c1-12(25)15-5-4-13(9-19(15)26)14-7-17(23)16(18(24)8-14)11-29-21(30)10-28-20-3-2-6-27-22(20)29/h2-10,25H,11,26H2,1H3. The molecular formula is C22H17F2N5O. The molecule has 6 nitrogen and oxygen atoms in total.